The lowest BCUT2D eigenvalue weighted by atomic mass is 10.1. The van der Waals surface area contributed by atoms with Crippen molar-refractivity contribution in [2.45, 2.75) is 32.5 Å². The van der Waals surface area contributed by atoms with E-state index in [4.69, 9.17) is 26.4 Å². The van der Waals surface area contributed by atoms with Crippen LogP contribution in [0.2, 0.25) is 0 Å². The maximum absolute atomic E-state index is 13.2. The predicted molar refractivity (Wildman–Crippen MR) is 135 cm³/mol. The normalized spacial score (nSPS) is 19.5. The van der Waals surface area contributed by atoms with Crippen LogP contribution in [0.3, 0.4) is 0 Å². The molecule has 2 aromatic rings. The quantitative estimate of drug-likeness (QED) is 0.298. The number of thioether (sulfide) groups is 1. The number of carbonyl (C=O) groups excluding carboxylic acids is 1. The van der Waals surface area contributed by atoms with Gasteiger partial charge in [0.15, 0.2) is 11.5 Å². The van der Waals surface area contributed by atoms with Gasteiger partial charge in [-0.15, -0.1) is 0 Å². The van der Waals surface area contributed by atoms with Gasteiger partial charge in [0.25, 0.3) is 5.91 Å². The number of amides is 1. The molecule has 2 aromatic carbocycles. The molecular formula is C24H23BrFNO4S2. The van der Waals surface area contributed by atoms with Crippen LogP contribution in [0, 0.1) is 5.82 Å². The van der Waals surface area contributed by atoms with Gasteiger partial charge in [-0.2, -0.15) is 0 Å². The summed E-state index contributed by atoms with van der Waals surface area (Å²) >= 11 is 10.3. The van der Waals surface area contributed by atoms with E-state index < -0.39 is 0 Å². The summed E-state index contributed by atoms with van der Waals surface area (Å²) in [4.78, 5) is 15.1. The Morgan fingerprint density at radius 1 is 1.30 bits per heavy atom. The molecule has 9 heteroatoms. The molecule has 0 aliphatic carbocycles. The number of nitrogens with zero attached hydrogens (tertiary/aromatic N) is 1. The molecule has 0 saturated carbocycles. The molecule has 2 heterocycles. The van der Waals surface area contributed by atoms with E-state index in [9.17, 15) is 9.18 Å². The lowest BCUT2D eigenvalue weighted by Gasteiger charge is -2.18. The monoisotopic (exact) mass is 551 g/mol. The number of halogens is 2. The highest BCUT2D eigenvalue weighted by Crippen LogP contribution is 2.40. The number of benzene rings is 2. The van der Waals surface area contributed by atoms with Crippen LogP contribution in [0.15, 0.2) is 45.8 Å². The SMILES string of the molecule is CCOc1cc(/C=C2\SC(=S)N(C[C@H]3CCCO3)C2=O)cc(Br)c1OCc1ccc(F)cc1. The summed E-state index contributed by atoms with van der Waals surface area (Å²) in [5, 5.41) is 0. The molecule has 2 aliphatic rings. The fourth-order valence-electron chi connectivity index (χ4n) is 3.61. The zero-order chi connectivity index (χ0) is 23.4. The predicted octanol–water partition coefficient (Wildman–Crippen LogP) is 5.95. The summed E-state index contributed by atoms with van der Waals surface area (Å²) in [5.74, 6) is 0.700. The van der Waals surface area contributed by atoms with Crippen molar-refractivity contribution in [2.24, 2.45) is 0 Å². The fraction of sp³-hybridized carbons (Fsp3) is 0.333. The molecule has 0 N–H and O–H groups in total. The van der Waals surface area contributed by atoms with Gasteiger partial charge in [0.1, 0.15) is 16.7 Å². The molecule has 2 fully saturated rings. The summed E-state index contributed by atoms with van der Waals surface area (Å²) in [7, 11) is 0. The molecule has 2 saturated heterocycles. The van der Waals surface area contributed by atoms with Crippen LogP contribution < -0.4 is 9.47 Å². The first kappa shape index (κ1) is 24.2. The van der Waals surface area contributed by atoms with E-state index in [-0.39, 0.29) is 24.4 Å². The second-order valence-electron chi connectivity index (χ2n) is 7.61. The lowest BCUT2D eigenvalue weighted by Crippen LogP contribution is -2.35. The van der Waals surface area contributed by atoms with E-state index in [1.165, 1.54) is 23.9 Å². The molecule has 1 amide bonds. The number of thiocarbonyl (C=S) groups is 1. The molecule has 0 bridgehead atoms. The Labute approximate surface area is 210 Å². The maximum Gasteiger partial charge on any atom is 0.266 e. The number of hydrogen-bond donors (Lipinski definition) is 0. The van der Waals surface area contributed by atoms with Crippen molar-refractivity contribution in [3.05, 3.63) is 62.7 Å². The van der Waals surface area contributed by atoms with E-state index in [0.717, 1.165) is 30.6 Å². The van der Waals surface area contributed by atoms with E-state index in [0.29, 0.717) is 38.3 Å². The topological polar surface area (TPSA) is 48.0 Å². The van der Waals surface area contributed by atoms with Gasteiger partial charge in [0.2, 0.25) is 0 Å². The van der Waals surface area contributed by atoms with Gasteiger partial charge in [-0.3, -0.25) is 9.69 Å². The number of rotatable bonds is 8. The van der Waals surface area contributed by atoms with Gasteiger partial charge >= 0.3 is 0 Å². The Bertz CT molecular complexity index is 1070. The van der Waals surface area contributed by atoms with E-state index >= 15 is 0 Å². The van der Waals surface area contributed by atoms with Crippen molar-refractivity contribution in [1.82, 2.24) is 4.90 Å². The van der Waals surface area contributed by atoms with Crippen LogP contribution in [0.5, 0.6) is 11.5 Å². The van der Waals surface area contributed by atoms with Crippen molar-refractivity contribution >= 4 is 56.2 Å². The van der Waals surface area contributed by atoms with Gasteiger partial charge in [0.05, 0.1) is 28.6 Å². The number of ether oxygens (including phenoxy) is 3. The summed E-state index contributed by atoms with van der Waals surface area (Å²) in [5.41, 5.74) is 1.63. The van der Waals surface area contributed by atoms with Crippen molar-refractivity contribution in [3.63, 3.8) is 0 Å². The Balaban J connectivity index is 1.52. The fourth-order valence-corrected chi connectivity index (χ4v) is 5.46. The minimum Gasteiger partial charge on any atom is -0.490 e. The molecule has 0 radical (unpaired) electrons. The van der Waals surface area contributed by atoms with Crippen molar-refractivity contribution in [3.8, 4) is 11.5 Å². The van der Waals surface area contributed by atoms with Crippen molar-refractivity contribution < 1.29 is 23.4 Å². The molecule has 0 aromatic heterocycles. The minimum atomic E-state index is -0.291. The first-order valence-corrected chi connectivity index (χ1v) is 12.7. The van der Waals surface area contributed by atoms with Gasteiger partial charge in [-0.05, 0) is 77.2 Å². The average molecular weight is 552 g/mol. The summed E-state index contributed by atoms with van der Waals surface area (Å²) in [6.07, 6.45) is 3.81. The average Bonchev–Trinajstić information content (AvgIpc) is 3.39. The van der Waals surface area contributed by atoms with E-state index in [2.05, 4.69) is 15.9 Å². The summed E-state index contributed by atoms with van der Waals surface area (Å²) in [6.45, 7) is 3.83. The Morgan fingerprint density at radius 2 is 2.09 bits per heavy atom. The third-order valence-electron chi connectivity index (χ3n) is 5.21. The standard InChI is InChI=1S/C24H23BrFNO4S2/c1-2-29-20-11-16(10-19(25)22(20)31-14-15-5-7-17(26)8-6-15)12-21-23(28)27(24(32)33-21)13-18-4-3-9-30-18/h5-8,10-12,18H,2-4,9,13-14H2,1H3/b21-12-/t18-/m1/s1. The van der Waals surface area contributed by atoms with E-state index in [1.54, 1.807) is 17.0 Å². The third kappa shape index (κ3) is 5.95. The van der Waals surface area contributed by atoms with Gasteiger partial charge in [-0.1, -0.05) is 36.1 Å². The molecule has 4 rings (SSSR count). The smallest absolute Gasteiger partial charge is 0.266 e. The molecule has 2 aliphatic heterocycles. The molecule has 33 heavy (non-hydrogen) atoms. The molecular weight excluding hydrogens is 529 g/mol. The first-order chi connectivity index (χ1) is 15.9. The molecule has 1 atom stereocenters. The number of carbonyl (C=O) groups is 1. The highest BCUT2D eigenvalue weighted by Gasteiger charge is 2.34. The molecule has 174 valence electrons. The van der Waals surface area contributed by atoms with Crippen LogP contribution in [-0.4, -0.2) is 41.0 Å². The van der Waals surface area contributed by atoms with Crippen LogP contribution >= 0.6 is 39.9 Å². The van der Waals surface area contributed by atoms with Crippen LogP contribution in [0.25, 0.3) is 6.08 Å². The second-order valence-corrected chi connectivity index (χ2v) is 10.1. The third-order valence-corrected chi connectivity index (χ3v) is 7.18. The highest BCUT2D eigenvalue weighted by atomic mass is 79.9. The van der Waals surface area contributed by atoms with Crippen LogP contribution in [0.1, 0.15) is 30.9 Å². The largest absolute Gasteiger partial charge is 0.490 e. The van der Waals surface area contributed by atoms with Crippen LogP contribution in [0.4, 0.5) is 4.39 Å². The Morgan fingerprint density at radius 3 is 2.79 bits per heavy atom. The zero-order valence-corrected chi connectivity index (χ0v) is 21.2. The number of hydrogen-bond acceptors (Lipinski definition) is 6. The second kappa shape index (κ2) is 11.0. The molecule has 0 spiro atoms. The van der Waals surface area contributed by atoms with Crippen molar-refractivity contribution in [2.75, 3.05) is 19.8 Å². The summed E-state index contributed by atoms with van der Waals surface area (Å²) in [6, 6.07) is 9.85. The molecule has 5 nitrogen and oxygen atoms in total. The highest BCUT2D eigenvalue weighted by molar-refractivity contribution is 9.10. The Hall–Kier alpha value is -1.94. The minimum absolute atomic E-state index is 0.0445. The summed E-state index contributed by atoms with van der Waals surface area (Å²) < 4.78 is 31.8. The van der Waals surface area contributed by atoms with Crippen LogP contribution in [-0.2, 0) is 16.1 Å². The Kier molecular flexibility index (Phi) is 8.06. The zero-order valence-electron chi connectivity index (χ0n) is 18.0. The van der Waals surface area contributed by atoms with Gasteiger partial charge in [-0.25, -0.2) is 4.39 Å². The molecule has 0 unspecified atom stereocenters. The van der Waals surface area contributed by atoms with Crippen molar-refractivity contribution in [1.29, 1.82) is 0 Å². The maximum atomic E-state index is 13.2. The lowest BCUT2D eigenvalue weighted by molar-refractivity contribution is -0.123. The van der Waals surface area contributed by atoms with Gasteiger partial charge in [0, 0.05) is 6.61 Å². The first-order valence-electron chi connectivity index (χ1n) is 10.6. The van der Waals surface area contributed by atoms with Gasteiger partial charge < -0.3 is 14.2 Å². The van der Waals surface area contributed by atoms with E-state index in [1.807, 2.05) is 25.1 Å².